The van der Waals surface area contributed by atoms with E-state index >= 15 is 0 Å². The molecule has 142 valence electrons. The molecule has 4 rings (SSSR count). The maximum Gasteiger partial charge on any atom is 0.150 e. The number of hydrogen-bond acceptors (Lipinski definition) is 4. The van der Waals surface area contributed by atoms with Crippen molar-refractivity contribution in [1.82, 2.24) is 0 Å². The fraction of sp³-hybridized carbons (Fsp3) is 0.143. The third kappa shape index (κ3) is 3.56. The standard InChI is InChI=1S/C21H21N3O.2ClH/c1-13-20(22)24-18-12-15(10-11-19(18)25-13)21(2,23)17-9-5-7-14-6-3-4-8-16(14)17;;/h3-12,24H,22-23H2,1-2H3;2*1H. The number of ether oxygens (including phenoxy) is 1. The highest BCUT2D eigenvalue weighted by Crippen LogP contribution is 2.38. The molecular formula is C21H23Cl2N3O. The van der Waals surface area contributed by atoms with Crippen LogP contribution in [0.1, 0.15) is 25.0 Å². The van der Waals surface area contributed by atoms with Crippen molar-refractivity contribution in [3.63, 3.8) is 0 Å². The molecular weight excluding hydrogens is 381 g/mol. The molecule has 0 spiro atoms. The van der Waals surface area contributed by atoms with Crippen molar-refractivity contribution in [2.75, 3.05) is 5.32 Å². The third-order valence-electron chi connectivity index (χ3n) is 4.84. The van der Waals surface area contributed by atoms with Gasteiger partial charge >= 0.3 is 0 Å². The Morgan fingerprint density at radius 3 is 2.44 bits per heavy atom. The molecule has 3 aromatic rings. The monoisotopic (exact) mass is 403 g/mol. The molecule has 0 saturated heterocycles. The number of halogens is 2. The number of rotatable bonds is 2. The summed E-state index contributed by atoms with van der Waals surface area (Å²) in [4.78, 5) is 0. The lowest BCUT2D eigenvalue weighted by Gasteiger charge is -2.29. The van der Waals surface area contributed by atoms with Crippen LogP contribution in [0.15, 0.2) is 72.2 Å². The third-order valence-corrected chi connectivity index (χ3v) is 4.84. The van der Waals surface area contributed by atoms with E-state index in [1.165, 1.54) is 5.39 Å². The number of anilines is 1. The molecule has 27 heavy (non-hydrogen) atoms. The summed E-state index contributed by atoms with van der Waals surface area (Å²) >= 11 is 0. The van der Waals surface area contributed by atoms with Crippen LogP contribution < -0.4 is 21.5 Å². The van der Waals surface area contributed by atoms with E-state index in [0.717, 1.165) is 28.0 Å². The average molecular weight is 404 g/mol. The molecule has 0 fully saturated rings. The minimum Gasteiger partial charge on any atom is -0.456 e. The van der Waals surface area contributed by atoms with Crippen LogP contribution in [0.2, 0.25) is 0 Å². The molecule has 4 nitrogen and oxygen atoms in total. The largest absolute Gasteiger partial charge is 0.456 e. The van der Waals surface area contributed by atoms with E-state index in [9.17, 15) is 0 Å². The Kier molecular flexibility index (Phi) is 5.95. The van der Waals surface area contributed by atoms with E-state index in [1.54, 1.807) is 0 Å². The van der Waals surface area contributed by atoms with Crippen molar-refractivity contribution < 1.29 is 4.74 Å². The zero-order valence-corrected chi connectivity index (χ0v) is 16.8. The van der Waals surface area contributed by atoms with Crippen molar-refractivity contribution >= 4 is 41.3 Å². The maximum atomic E-state index is 6.81. The number of fused-ring (bicyclic) bond motifs is 2. The van der Waals surface area contributed by atoms with Crippen LogP contribution in [0.4, 0.5) is 5.69 Å². The topological polar surface area (TPSA) is 73.3 Å². The van der Waals surface area contributed by atoms with Gasteiger partial charge in [-0.3, -0.25) is 0 Å². The minimum atomic E-state index is -0.650. The van der Waals surface area contributed by atoms with Gasteiger partial charge in [0.2, 0.25) is 0 Å². The molecule has 5 N–H and O–H groups in total. The van der Waals surface area contributed by atoms with Crippen LogP contribution in [-0.2, 0) is 5.54 Å². The van der Waals surface area contributed by atoms with Gasteiger partial charge in [0.15, 0.2) is 5.75 Å². The fourth-order valence-electron chi connectivity index (χ4n) is 3.33. The normalized spacial score (nSPS) is 14.8. The molecule has 1 aliphatic rings. The molecule has 1 heterocycles. The Morgan fingerprint density at radius 2 is 1.67 bits per heavy atom. The van der Waals surface area contributed by atoms with E-state index in [1.807, 2.05) is 50.2 Å². The highest BCUT2D eigenvalue weighted by molar-refractivity contribution is 5.87. The van der Waals surface area contributed by atoms with Gasteiger partial charge in [-0.15, -0.1) is 24.8 Å². The van der Waals surface area contributed by atoms with Gasteiger partial charge in [-0.25, -0.2) is 0 Å². The predicted molar refractivity (Wildman–Crippen MR) is 117 cm³/mol. The quantitative estimate of drug-likeness (QED) is 0.571. The van der Waals surface area contributed by atoms with Crippen LogP contribution in [0.5, 0.6) is 5.75 Å². The summed E-state index contributed by atoms with van der Waals surface area (Å²) < 4.78 is 5.74. The molecule has 0 aromatic heterocycles. The zero-order chi connectivity index (χ0) is 17.6. The second kappa shape index (κ2) is 7.69. The molecule has 0 radical (unpaired) electrons. The summed E-state index contributed by atoms with van der Waals surface area (Å²) in [5.41, 5.74) is 15.0. The zero-order valence-electron chi connectivity index (χ0n) is 15.2. The number of nitrogens with two attached hydrogens (primary N) is 2. The van der Waals surface area contributed by atoms with Gasteiger partial charge < -0.3 is 21.5 Å². The van der Waals surface area contributed by atoms with Gasteiger partial charge in [-0.2, -0.15) is 0 Å². The van der Waals surface area contributed by atoms with E-state index in [4.69, 9.17) is 16.2 Å². The Hall–Kier alpha value is -2.40. The number of allylic oxidation sites excluding steroid dienone is 1. The Labute approximate surface area is 171 Å². The fourth-order valence-corrected chi connectivity index (χ4v) is 3.33. The Morgan fingerprint density at radius 1 is 0.963 bits per heavy atom. The van der Waals surface area contributed by atoms with Crippen molar-refractivity contribution in [3.8, 4) is 5.75 Å². The molecule has 0 aliphatic carbocycles. The van der Waals surface area contributed by atoms with Crippen LogP contribution in [0, 0.1) is 0 Å². The molecule has 1 unspecified atom stereocenters. The van der Waals surface area contributed by atoms with Gasteiger partial charge in [-0.1, -0.05) is 48.5 Å². The summed E-state index contributed by atoms with van der Waals surface area (Å²) in [6.07, 6.45) is 0. The van der Waals surface area contributed by atoms with Crippen molar-refractivity contribution in [1.29, 1.82) is 0 Å². The predicted octanol–water partition coefficient (Wildman–Crippen LogP) is 4.86. The first-order chi connectivity index (χ1) is 12.0. The first kappa shape index (κ1) is 20.9. The average Bonchev–Trinajstić information content (AvgIpc) is 2.61. The van der Waals surface area contributed by atoms with Crippen molar-refractivity contribution in [2.24, 2.45) is 11.5 Å². The van der Waals surface area contributed by atoms with Crippen molar-refractivity contribution in [3.05, 3.63) is 83.4 Å². The van der Waals surface area contributed by atoms with E-state index in [2.05, 4.69) is 29.6 Å². The van der Waals surface area contributed by atoms with E-state index in [-0.39, 0.29) is 24.8 Å². The summed E-state index contributed by atoms with van der Waals surface area (Å²) in [7, 11) is 0. The highest BCUT2D eigenvalue weighted by Gasteiger charge is 2.27. The van der Waals surface area contributed by atoms with E-state index in [0.29, 0.717) is 11.6 Å². The number of hydrogen-bond donors (Lipinski definition) is 3. The molecule has 3 aromatic carbocycles. The Balaban J connectivity index is 0.00000131. The lowest BCUT2D eigenvalue weighted by atomic mass is 9.82. The van der Waals surface area contributed by atoms with Crippen LogP contribution in [0.3, 0.4) is 0 Å². The summed E-state index contributed by atoms with van der Waals surface area (Å²) in [5, 5.41) is 5.53. The summed E-state index contributed by atoms with van der Waals surface area (Å²) in [5.74, 6) is 1.95. The van der Waals surface area contributed by atoms with Gasteiger partial charge in [0.05, 0.1) is 11.2 Å². The van der Waals surface area contributed by atoms with Crippen molar-refractivity contribution in [2.45, 2.75) is 19.4 Å². The summed E-state index contributed by atoms with van der Waals surface area (Å²) in [6.45, 7) is 3.87. The van der Waals surface area contributed by atoms with E-state index < -0.39 is 5.54 Å². The van der Waals surface area contributed by atoms with Gasteiger partial charge in [-0.05, 0) is 47.9 Å². The number of nitrogens with one attached hydrogen (secondary N) is 1. The van der Waals surface area contributed by atoms with Crippen LogP contribution in [-0.4, -0.2) is 0 Å². The van der Waals surface area contributed by atoms with Crippen LogP contribution >= 0.6 is 24.8 Å². The lowest BCUT2D eigenvalue weighted by Crippen LogP contribution is -2.34. The minimum absolute atomic E-state index is 0. The van der Waals surface area contributed by atoms with Crippen LogP contribution in [0.25, 0.3) is 10.8 Å². The number of benzene rings is 3. The molecule has 1 aliphatic heterocycles. The highest BCUT2D eigenvalue weighted by atomic mass is 35.5. The smallest absolute Gasteiger partial charge is 0.150 e. The SMILES string of the molecule is CC1=C(N)Nc2cc(C(C)(N)c3cccc4ccccc34)ccc2O1.Cl.Cl. The first-order valence-electron chi connectivity index (χ1n) is 8.29. The lowest BCUT2D eigenvalue weighted by molar-refractivity contribution is 0.415. The Bertz CT molecular complexity index is 1010. The summed E-state index contributed by atoms with van der Waals surface area (Å²) in [6, 6.07) is 20.5. The van der Waals surface area contributed by atoms with Gasteiger partial charge in [0.1, 0.15) is 11.6 Å². The second-order valence-corrected chi connectivity index (χ2v) is 6.64. The second-order valence-electron chi connectivity index (χ2n) is 6.64. The molecule has 0 bridgehead atoms. The first-order valence-corrected chi connectivity index (χ1v) is 8.29. The molecule has 0 amide bonds. The van der Waals surface area contributed by atoms with Gasteiger partial charge in [0.25, 0.3) is 0 Å². The molecule has 6 heteroatoms. The molecule has 1 atom stereocenters. The molecule has 0 saturated carbocycles. The van der Waals surface area contributed by atoms with Gasteiger partial charge in [0, 0.05) is 0 Å². The maximum absolute atomic E-state index is 6.81.